The van der Waals surface area contributed by atoms with Crippen LogP contribution in [0.15, 0.2) is 0 Å². The maximum absolute atomic E-state index is 12.4. The highest BCUT2D eigenvalue weighted by Crippen LogP contribution is 2.19. The largest absolute Gasteiger partial charge is 0.353 e. The van der Waals surface area contributed by atoms with Crippen LogP contribution in [0, 0.1) is 11.8 Å². The van der Waals surface area contributed by atoms with E-state index in [1.807, 2.05) is 27.7 Å². The van der Waals surface area contributed by atoms with Crippen molar-refractivity contribution in [2.75, 3.05) is 13.1 Å². The second-order valence-electron chi connectivity index (χ2n) is 5.02. The van der Waals surface area contributed by atoms with E-state index >= 15 is 0 Å². The van der Waals surface area contributed by atoms with E-state index in [-0.39, 0.29) is 29.7 Å². The van der Waals surface area contributed by atoms with Crippen LogP contribution in [0.3, 0.4) is 0 Å². The molecule has 2 amide bonds. The van der Waals surface area contributed by atoms with Gasteiger partial charge >= 0.3 is 0 Å². The third-order valence-corrected chi connectivity index (χ3v) is 3.51. The summed E-state index contributed by atoms with van der Waals surface area (Å²) in [6.45, 7) is 9.25. The van der Waals surface area contributed by atoms with Crippen LogP contribution in [-0.2, 0) is 9.59 Å². The normalized spacial score (nSPS) is 20.9. The van der Waals surface area contributed by atoms with Crippen molar-refractivity contribution in [3.8, 4) is 0 Å². The lowest BCUT2D eigenvalue weighted by Gasteiger charge is -2.39. The second-order valence-corrected chi connectivity index (χ2v) is 5.02. The SMILES string of the molecule is CCC(CC)C(=O)N1CCNC(=O)C1C(C)C. The number of nitrogens with one attached hydrogen (secondary N) is 1. The molecule has 17 heavy (non-hydrogen) atoms. The van der Waals surface area contributed by atoms with Crippen LogP contribution in [0.25, 0.3) is 0 Å². The fourth-order valence-electron chi connectivity index (χ4n) is 2.47. The third-order valence-electron chi connectivity index (χ3n) is 3.51. The lowest BCUT2D eigenvalue weighted by molar-refractivity contribution is -0.148. The number of piperazine rings is 1. The lowest BCUT2D eigenvalue weighted by atomic mass is 9.95. The van der Waals surface area contributed by atoms with Gasteiger partial charge in [-0.2, -0.15) is 0 Å². The molecule has 1 N–H and O–H groups in total. The van der Waals surface area contributed by atoms with E-state index in [1.165, 1.54) is 0 Å². The maximum atomic E-state index is 12.4. The Morgan fingerprint density at radius 1 is 1.41 bits per heavy atom. The van der Waals surface area contributed by atoms with Crippen LogP contribution in [0.1, 0.15) is 40.5 Å². The molecule has 4 nitrogen and oxygen atoms in total. The van der Waals surface area contributed by atoms with Gasteiger partial charge in [-0.25, -0.2) is 0 Å². The molecule has 0 aliphatic carbocycles. The summed E-state index contributed by atoms with van der Waals surface area (Å²) in [5, 5.41) is 2.84. The number of rotatable bonds is 4. The molecule has 1 unspecified atom stereocenters. The zero-order chi connectivity index (χ0) is 13.0. The molecule has 0 spiro atoms. The fraction of sp³-hybridized carbons (Fsp3) is 0.846. The predicted octanol–water partition coefficient (Wildman–Crippen LogP) is 1.41. The Kier molecular flexibility index (Phi) is 4.97. The molecule has 0 radical (unpaired) electrons. The van der Waals surface area contributed by atoms with Crippen LogP contribution < -0.4 is 5.32 Å². The molecule has 0 aromatic rings. The van der Waals surface area contributed by atoms with E-state index in [4.69, 9.17) is 0 Å². The minimum absolute atomic E-state index is 0.00874. The number of nitrogens with zero attached hydrogens (tertiary/aromatic N) is 1. The standard InChI is InChI=1S/C13H24N2O2/c1-5-10(6-2)13(17)15-8-7-14-12(16)11(15)9(3)4/h9-11H,5-8H2,1-4H3,(H,14,16). The van der Waals surface area contributed by atoms with Crippen LogP contribution in [-0.4, -0.2) is 35.8 Å². The summed E-state index contributed by atoms with van der Waals surface area (Å²) in [5.41, 5.74) is 0. The molecule has 1 heterocycles. The van der Waals surface area contributed by atoms with Crippen molar-refractivity contribution >= 4 is 11.8 Å². The Hall–Kier alpha value is -1.06. The molecule has 1 atom stereocenters. The van der Waals surface area contributed by atoms with Gasteiger partial charge in [0.25, 0.3) is 0 Å². The van der Waals surface area contributed by atoms with E-state index in [2.05, 4.69) is 5.32 Å². The highest BCUT2D eigenvalue weighted by atomic mass is 16.2. The average molecular weight is 240 g/mol. The molecule has 1 aliphatic rings. The van der Waals surface area contributed by atoms with E-state index in [1.54, 1.807) is 4.90 Å². The average Bonchev–Trinajstić information content (AvgIpc) is 2.29. The van der Waals surface area contributed by atoms with Gasteiger partial charge < -0.3 is 10.2 Å². The first-order chi connectivity index (χ1) is 8.02. The summed E-state index contributed by atoms with van der Waals surface area (Å²) in [5.74, 6) is 0.352. The molecule has 0 aromatic carbocycles. The van der Waals surface area contributed by atoms with Crippen molar-refractivity contribution < 1.29 is 9.59 Å². The van der Waals surface area contributed by atoms with Gasteiger partial charge in [0.15, 0.2) is 0 Å². The summed E-state index contributed by atoms with van der Waals surface area (Å²) in [6.07, 6.45) is 1.69. The minimum atomic E-state index is -0.295. The first-order valence-corrected chi connectivity index (χ1v) is 6.61. The zero-order valence-corrected chi connectivity index (χ0v) is 11.3. The molecule has 1 fully saturated rings. The number of carbonyl (C=O) groups is 2. The molecule has 0 aromatic heterocycles. The van der Waals surface area contributed by atoms with Crippen molar-refractivity contribution in [2.24, 2.45) is 11.8 Å². The van der Waals surface area contributed by atoms with E-state index < -0.39 is 0 Å². The van der Waals surface area contributed by atoms with Crippen molar-refractivity contribution in [3.05, 3.63) is 0 Å². The highest BCUT2D eigenvalue weighted by Gasteiger charge is 2.36. The quantitative estimate of drug-likeness (QED) is 0.807. The van der Waals surface area contributed by atoms with Gasteiger partial charge in [-0.15, -0.1) is 0 Å². The number of hydrogen-bond acceptors (Lipinski definition) is 2. The van der Waals surface area contributed by atoms with Crippen molar-refractivity contribution in [1.82, 2.24) is 10.2 Å². The Morgan fingerprint density at radius 3 is 2.47 bits per heavy atom. The van der Waals surface area contributed by atoms with Crippen molar-refractivity contribution in [1.29, 1.82) is 0 Å². The molecule has 0 saturated carbocycles. The molecular weight excluding hydrogens is 216 g/mol. The topological polar surface area (TPSA) is 49.4 Å². The second kappa shape index (κ2) is 6.03. The van der Waals surface area contributed by atoms with E-state index in [0.29, 0.717) is 13.1 Å². The smallest absolute Gasteiger partial charge is 0.243 e. The zero-order valence-electron chi connectivity index (χ0n) is 11.3. The predicted molar refractivity (Wildman–Crippen MR) is 67.4 cm³/mol. The first kappa shape index (κ1) is 14.0. The summed E-state index contributed by atoms with van der Waals surface area (Å²) in [6, 6.07) is -0.295. The van der Waals surface area contributed by atoms with E-state index in [0.717, 1.165) is 12.8 Å². The Morgan fingerprint density at radius 2 is 2.00 bits per heavy atom. The van der Waals surface area contributed by atoms with Gasteiger partial charge in [0, 0.05) is 19.0 Å². The minimum Gasteiger partial charge on any atom is -0.353 e. The molecular formula is C13H24N2O2. The van der Waals surface area contributed by atoms with Crippen LogP contribution in [0.5, 0.6) is 0 Å². The molecule has 1 aliphatic heterocycles. The van der Waals surface area contributed by atoms with Gasteiger partial charge in [-0.3, -0.25) is 9.59 Å². The number of carbonyl (C=O) groups excluding carboxylic acids is 2. The van der Waals surface area contributed by atoms with Crippen molar-refractivity contribution in [3.63, 3.8) is 0 Å². The Bertz CT molecular complexity index is 285. The number of amides is 2. The van der Waals surface area contributed by atoms with E-state index in [9.17, 15) is 9.59 Å². The monoisotopic (exact) mass is 240 g/mol. The molecule has 4 heteroatoms. The van der Waals surface area contributed by atoms with Gasteiger partial charge in [0.1, 0.15) is 6.04 Å². The molecule has 0 bridgehead atoms. The fourth-order valence-corrected chi connectivity index (χ4v) is 2.47. The highest BCUT2D eigenvalue weighted by molar-refractivity contribution is 5.89. The third kappa shape index (κ3) is 2.99. The van der Waals surface area contributed by atoms with Crippen molar-refractivity contribution in [2.45, 2.75) is 46.6 Å². The van der Waals surface area contributed by atoms with Gasteiger partial charge in [-0.05, 0) is 18.8 Å². The van der Waals surface area contributed by atoms with Crippen LogP contribution in [0.4, 0.5) is 0 Å². The van der Waals surface area contributed by atoms with Gasteiger partial charge in [-0.1, -0.05) is 27.7 Å². The number of hydrogen-bond donors (Lipinski definition) is 1. The summed E-state index contributed by atoms with van der Waals surface area (Å²) >= 11 is 0. The van der Waals surface area contributed by atoms with Gasteiger partial charge in [0.2, 0.25) is 11.8 Å². The van der Waals surface area contributed by atoms with Crippen LogP contribution >= 0.6 is 0 Å². The first-order valence-electron chi connectivity index (χ1n) is 6.61. The summed E-state index contributed by atoms with van der Waals surface area (Å²) in [7, 11) is 0. The molecule has 1 saturated heterocycles. The maximum Gasteiger partial charge on any atom is 0.243 e. The Balaban J connectivity index is 2.85. The van der Waals surface area contributed by atoms with Crippen LogP contribution in [0.2, 0.25) is 0 Å². The summed E-state index contributed by atoms with van der Waals surface area (Å²) < 4.78 is 0. The molecule has 98 valence electrons. The Labute approximate surface area is 104 Å². The lowest BCUT2D eigenvalue weighted by Crippen LogP contribution is -2.60. The molecule has 1 rings (SSSR count). The van der Waals surface area contributed by atoms with Gasteiger partial charge in [0.05, 0.1) is 0 Å². The summed E-state index contributed by atoms with van der Waals surface area (Å²) in [4.78, 5) is 26.0.